The molecule has 0 aliphatic rings. The smallest absolute Gasteiger partial charge is 0.367 e. The summed E-state index contributed by atoms with van der Waals surface area (Å²) in [6, 6.07) is 0. The molecule has 0 saturated heterocycles. The van der Waals surface area contributed by atoms with E-state index < -0.39 is 26.7 Å². The van der Waals surface area contributed by atoms with E-state index in [1.807, 2.05) is 0 Å². The minimum absolute atomic E-state index is 0.134. The molecule has 8 nitrogen and oxygen atoms in total. The molecule has 0 aliphatic carbocycles. The van der Waals surface area contributed by atoms with Crippen LogP contribution in [0, 0.1) is 0 Å². The Balaban J connectivity index is 5.06. The van der Waals surface area contributed by atoms with Crippen LogP contribution in [0.4, 0.5) is 0 Å². The van der Waals surface area contributed by atoms with Crippen LogP contribution in [-0.2, 0) is 9.13 Å². The lowest BCUT2D eigenvalue weighted by Crippen LogP contribution is -2.35. The molecule has 0 saturated carbocycles. The van der Waals surface area contributed by atoms with E-state index >= 15 is 0 Å². The van der Waals surface area contributed by atoms with Crippen molar-refractivity contribution in [2.24, 2.45) is 0 Å². The lowest BCUT2D eigenvalue weighted by atomic mass is 10.3. The summed E-state index contributed by atoms with van der Waals surface area (Å²) < 4.78 is 22.2. The Bertz CT molecular complexity index is 381. The zero-order valence-corrected chi connectivity index (χ0v) is 12.1. The van der Waals surface area contributed by atoms with Crippen LogP contribution < -0.4 is 0 Å². The Morgan fingerprint density at radius 1 is 1.00 bits per heavy atom. The maximum atomic E-state index is 11.1. The quantitative estimate of drug-likeness (QED) is 0.297. The van der Waals surface area contributed by atoms with Crippen LogP contribution in [0.25, 0.3) is 0 Å². The van der Waals surface area contributed by atoms with Crippen LogP contribution in [0.5, 0.6) is 0 Å². The van der Waals surface area contributed by atoms with E-state index in [1.54, 1.807) is 4.90 Å². The largest absolute Gasteiger partial charge is 0.369 e. The summed E-state index contributed by atoms with van der Waals surface area (Å²) >= 11 is 0. The van der Waals surface area contributed by atoms with Crippen LogP contribution in [0.1, 0.15) is 6.42 Å². The van der Waals surface area contributed by atoms with E-state index in [2.05, 4.69) is 13.2 Å². The van der Waals surface area contributed by atoms with Gasteiger partial charge in [-0.05, 0) is 0 Å². The van der Waals surface area contributed by atoms with Crippen LogP contribution in [0.2, 0.25) is 0 Å². The van der Waals surface area contributed by atoms with Gasteiger partial charge in [-0.3, -0.25) is 14.0 Å². The summed E-state index contributed by atoms with van der Waals surface area (Å²) in [6.07, 6.45) is 2.25. The average molecular weight is 315 g/mol. The average Bonchev–Trinajstić information content (AvgIpc) is 2.22. The second-order valence-corrected chi connectivity index (χ2v) is 7.96. The second kappa shape index (κ2) is 6.92. The number of aliphatic hydroxyl groups is 1. The molecule has 0 amide bonds. The van der Waals surface area contributed by atoms with Crippen molar-refractivity contribution in [3.8, 4) is 0 Å². The molecule has 0 heterocycles. The van der Waals surface area contributed by atoms with Gasteiger partial charge in [0.05, 0.1) is 0 Å². The van der Waals surface area contributed by atoms with Crippen molar-refractivity contribution in [1.82, 2.24) is 4.90 Å². The van der Waals surface area contributed by atoms with Gasteiger partial charge in [-0.25, -0.2) is 0 Å². The van der Waals surface area contributed by atoms with E-state index in [1.165, 1.54) is 12.2 Å². The van der Waals surface area contributed by atoms with Gasteiger partial charge in [0.25, 0.3) is 5.08 Å². The Morgan fingerprint density at radius 3 is 1.63 bits per heavy atom. The highest BCUT2D eigenvalue weighted by Crippen LogP contribution is 2.68. The number of rotatable bonds is 9. The summed E-state index contributed by atoms with van der Waals surface area (Å²) in [7, 11) is -10.8. The molecular weight excluding hydrogens is 296 g/mol. The van der Waals surface area contributed by atoms with E-state index in [0.717, 1.165) is 0 Å². The van der Waals surface area contributed by atoms with E-state index in [9.17, 15) is 14.2 Å². The van der Waals surface area contributed by atoms with Crippen LogP contribution in [-0.4, -0.2) is 54.3 Å². The normalized spacial score (nSPS) is 13.6. The van der Waals surface area contributed by atoms with Crippen LogP contribution >= 0.6 is 15.2 Å². The molecule has 0 aromatic heterocycles. The third kappa shape index (κ3) is 4.95. The summed E-state index contributed by atoms with van der Waals surface area (Å²) in [4.78, 5) is 37.4. The molecule has 0 fully saturated rings. The van der Waals surface area contributed by atoms with Gasteiger partial charge in [0.2, 0.25) is 0 Å². The molecular formula is C9H19NO7P2. The van der Waals surface area contributed by atoms with E-state index in [4.69, 9.17) is 19.6 Å². The molecule has 19 heavy (non-hydrogen) atoms. The summed E-state index contributed by atoms with van der Waals surface area (Å²) in [5.41, 5.74) is 0. The minimum Gasteiger partial charge on any atom is -0.367 e. The van der Waals surface area contributed by atoms with Crippen molar-refractivity contribution >= 4 is 15.2 Å². The van der Waals surface area contributed by atoms with E-state index in [-0.39, 0.29) is 6.54 Å². The van der Waals surface area contributed by atoms with Gasteiger partial charge in [-0.1, -0.05) is 12.2 Å². The maximum absolute atomic E-state index is 11.1. The third-order valence-corrected chi connectivity index (χ3v) is 6.35. The fourth-order valence-electron chi connectivity index (χ4n) is 1.39. The number of hydrogen-bond acceptors (Lipinski definition) is 4. The zero-order valence-electron chi connectivity index (χ0n) is 10.3. The predicted molar refractivity (Wildman–Crippen MR) is 70.5 cm³/mol. The highest BCUT2D eigenvalue weighted by molar-refractivity contribution is 7.72. The van der Waals surface area contributed by atoms with Crippen molar-refractivity contribution in [3.63, 3.8) is 0 Å². The zero-order chi connectivity index (χ0) is 15.3. The molecule has 0 unspecified atom stereocenters. The summed E-state index contributed by atoms with van der Waals surface area (Å²) in [5, 5.41) is 6.29. The van der Waals surface area contributed by atoms with Gasteiger partial charge >= 0.3 is 15.2 Å². The second-order valence-electron chi connectivity index (χ2n) is 3.95. The summed E-state index contributed by atoms with van der Waals surface area (Å²) in [5.74, 6) is 0. The monoisotopic (exact) mass is 315 g/mol. The van der Waals surface area contributed by atoms with E-state index in [0.29, 0.717) is 13.1 Å². The third-order valence-electron chi connectivity index (χ3n) is 2.47. The maximum Gasteiger partial charge on any atom is 0.369 e. The Kier molecular flexibility index (Phi) is 6.82. The molecule has 0 aliphatic heterocycles. The fraction of sp³-hybridized carbons (Fsp3) is 0.556. The Hall–Kier alpha value is -0.300. The number of nitrogens with zero attached hydrogens (tertiary/aromatic N) is 1. The van der Waals surface area contributed by atoms with Crippen LogP contribution in [0.3, 0.4) is 0 Å². The van der Waals surface area contributed by atoms with Crippen molar-refractivity contribution in [2.75, 3.05) is 19.6 Å². The Labute approximate surface area is 111 Å². The SMILES string of the molecule is C=CCN(CC=C)CCC(O)(P(=O)(O)O)P(=O)(O)O. The van der Waals surface area contributed by atoms with Crippen molar-refractivity contribution in [1.29, 1.82) is 0 Å². The molecule has 0 aromatic carbocycles. The first-order chi connectivity index (χ1) is 8.49. The first-order valence-electron chi connectivity index (χ1n) is 5.27. The van der Waals surface area contributed by atoms with Gasteiger partial charge in [-0.15, -0.1) is 13.2 Å². The van der Waals surface area contributed by atoms with Crippen molar-refractivity contribution in [3.05, 3.63) is 25.3 Å². The lowest BCUT2D eigenvalue weighted by Gasteiger charge is -2.31. The van der Waals surface area contributed by atoms with Gasteiger partial charge in [0, 0.05) is 26.1 Å². The van der Waals surface area contributed by atoms with Gasteiger partial charge in [0.1, 0.15) is 0 Å². The standard InChI is InChI=1S/C9H19NO7P2/c1-3-6-10(7-4-2)8-5-9(11,18(12,13)14)19(15,16)17/h3-4,11H,1-2,5-8H2,(H2,12,13,14)(H2,15,16,17). The molecule has 0 aromatic rings. The molecule has 0 radical (unpaired) electrons. The predicted octanol–water partition coefficient (Wildman–Crippen LogP) is 0.0520. The highest BCUT2D eigenvalue weighted by Gasteiger charge is 2.58. The van der Waals surface area contributed by atoms with Gasteiger partial charge in [0.15, 0.2) is 0 Å². The summed E-state index contributed by atoms with van der Waals surface area (Å²) in [6.45, 7) is 7.47. The first kappa shape index (κ1) is 18.7. The molecule has 0 atom stereocenters. The fourth-order valence-corrected chi connectivity index (χ4v) is 3.53. The molecule has 0 bridgehead atoms. The number of hydrogen-bond donors (Lipinski definition) is 5. The Morgan fingerprint density at radius 2 is 1.37 bits per heavy atom. The minimum atomic E-state index is -5.39. The van der Waals surface area contributed by atoms with Crippen molar-refractivity contribution < 1.29 is 33.8 Å². The topological polar surface area (TPSA) is 139 Å². The molecule has 0 rings (SSSR count). The highest BCUT2D eigenvalue weighted by atomic mass is 31.2. The molecule has 0 spiro atoms. The van der Waals surface area contributed by atoms with Crippen molar-refractivity contribution in [2.45, 2.75) is 11.5 Å². The molecule has 112 valence electrons. The van der Waals surface area contributed by atoms with Gasteiger partial charge < -0.3 is 24.7 Å². The molecule has 5 N–H and O–H groups in total. The molecule has 10 heteroatoms. The van der Waals surface area contributed by atoms with Crippen LogP contribution in [0.15, 0.2) is 25.3 Å². The van der Waals surface area contributed by atoms with Gasteiger partial charge in [-0.2, -0.15) is 0 Å². The lowest BCUT2D eigenvalue weighted by molar-refractivity contribution is 0.112. The first-order valence-corrected chi connectivity index (χ1v) is 8.50.